The van der Waals surface area contributed by atoms with Crippen LogP contribution in [-0.4, -0.2) is 31.8 Å². The Bertz CT molecular complexity index is 145. The van der Waals surface area contributed by atoms with E-state index in [4.69, 9.17) is 10.5 Å². The van der Waals surface area contributed by atoms with Gasteiger partial charge in [0.25, 0.3) is 0 Å². The molecule has 0 heterocycles. The zero-order valence-corrected chi connectivity index (χ0v) is 7.29. The molecule has 0 aliphatic heterocycles. The van der Waals surface area contributed by atoms with Gasteiger partial charge in [0.05, 0.1) is 13.2 Å². The topological polar surface area (TPSA) is 61.5 Å². The molecule has 0 fully saturated rings. The zero-order valence-electron chi connectivity index (χ0n) is 7.29. The van der Waals surface area contributed by atoms with E-state index in [9.17, 15) is 4.79 Å². The van der Waals surface area contributed by atoms with Crippen LogP contribution < -0.4 is 5.73 Å². The molecule has 0 aliphatic rings. The van der Waals surface area contributed by atoms with E-state index in [1.807, 2.05) is 6.92 Å². The minimum absolute atomic E-state index is 0.0140. The van der Waals surface area contributed by atoms with Crippen LogP contribution in [0.4, 0.5) is 0 Å². The number of rotatable bonds is 6. The van der Waals surface area contributed by atoms with Crippen LogP contribution in [-0.2, 0) is 14.3 Å². The van der Waals surface area contributed by atoms with Gasteiger partial charge < -0.3 is 15.2 Å². The summed E-state index contributed by atoms with van der Waals surface area (Å²) in [5, 5.41) is 0. The maximum Gasteiger partial charge on any atom is 0.330 e. The number of carbonyl (C=O) groups is 1. The molecule has 2 N–H and O–H groups in total. The van der Waals surface area contributed by atoms with E-state index in [0.29, 0.717) is 13.2 Å². The van der Waals surface area contributed by atoms with E-state index < -0.39 is 5.97 Å². The molecule has 4 nitrogen and oxygen atoms in total. The Morgan fingerprint density at radius 2 is 2.33 bits per heavy atom. The van der Waals surface area contributed by atoms with Crippen molar-refractivity contribution in [1.82, 2.24) is 0 Å². The van der Waals surface area contributed by atoms with E-state index in [2.05, 4.69) is 11.3 Å². The highest BCUT2D eigenvalue weighted by atomic mass is 16.6. The summed E-state index contributed by atoms with van der Waals surface area (Å²) in [4.78, 5) is 10.5. The van der Waals surface area contributed by atoms with Gasteiger partial charge >= 0.3 is 5.97 Å². The molecule has 0 aliphatic carbocycles. The fraction of sp³-hybridized carbons (Fsp3) is 0.625. The molecule has 0 amide bonds. The van der Waals surface area contributed by atoms with Crippen LogP contribution in [0.15, 0.2) is 12.7 Å². The number of hydrogen-bond acceptors (Lipinski definition) is 4. The second-order valence-electron chi connectivity index (χ2n) is 2.42. The summed E-state index contributed by atoms with van der Waals surface area (Å²) < 4.78 is 9.70. The lowest BCUT2D eigenvalue weighted by atomic mass is 10.4. The van der Waals surface area contributed by atoms with Gasteiger partial charge in [-0.1, -0.05) is 6.58 Å². The highest BCUT2D eigenvalue weighted by Gasteiger charge is 1.96. The number of ether oxygens (including phenoxy) is 2. The van der Waals surface area contributed by atoms with Crippen molar-refractivity contribution in [2.45, 2.75) is 13.0 Å². The predicted molar refractivity (Wildman–Crippen MR) is 45.6 cm³/mol. The van der Waals surface area contributed by atoms with Gasteiger partial charge in [0.15, 0.2) is 0 Å². The first kappa shape index (κ1) is 11.1. The summed E-state index contributed by atoms with van der Waals surface area (Å²) >= 11 is 0. The monoisotopic (exact) mass is 173 g/mol. The molecule has 0 rings (SSSR count). The summed E-state index contributed by atoms with van der Waals surface area (Å²) in [6.45, 7) is 6.20. The van der Waals surface area contributed by atoms with Crippen LogP contribution in [0.2, 0.25) is 0 Å². The van der Waals surface area contributed by atoms with Crippen LogP contribution >= 0.6 is 0 Å². The number of nitrogens with two attached hydrogens (primary N) is 1. The zero-order chi connectivity index (χ0) is 9.40. The third-order valence-electron chi connectivity index (χ3n) is 1.02. The van der Waals surface area contributed by atoms with Crippen molar-refractivity contribution >= 4 is 5.97 Å². The Morgan fingerprint density at radius 1 is 1.67 bits per heavy atom. The smallest absolute Gasteiger partial charge is 0.330 e. The molecule has 1 unspecified atom stereocenters. The normalized spacial score (nSPS) is 12.2. The summed E-state index contributed by atoms with van der Waals surface area (Å²) in [7, 11) is 0. The molecule has 0 spiro atoms. The van der Waals surface area contributed by atoms with Crippen LogP contribution in [0.25, 0.3) is 0 Å². The molecular weight excluding hydrogens is 158 g/mol. The van der Waals surface area contributed by atoms with Crippen molar-refractivity contribution in [2.75, 3.05) is 19.8 Å². The first-order valence-corrected chi connectivity index (χ1v) is 3.79. The Morgan fingerprint density at radius 3 is 2.83 bits per heavy atom. The van der Waals surface area contributed by atoms with Crippen molar-refractivity contribution in [3.05, 3.63) is 12.7 Å². The highest BCUT2D eigenvalue weighted by molar-refractivity contribution is 5.81. The summed E-state index contributed by atoms with van der Waals surface area (Å²) in [6.07, 6.45) is 1.12. The molecule has 1 atom stereocenters. The Labute approximate surface area is 72.3 Å². The third-order valence-corrected chi connectivity index (χ3v) is 1.02. The molecule has 12 heavy (non-hydrogen) atoms. The van der Waals surface area contributed by atoms with Crippen molar-refractivity contribution in [1.29, 1.82) is 0 Å². The van der Waals surface area contributed by atoms with E-state index in [-0.39, 0.29) is 12.6 Å². The largest absolute Gasteiger partial charge is 0.460 e. The number of hydrogen-bond donors (Lipinski definition) is 1. The molecule has 0 bridgehead atoms. The molecule has 0 aromatic heterocycles. The second-order valence-corrected chi connectivity index (χ2v) is 2.42. The lowest BCUT2D eigenvalue weighted by Gasteiger charge is -2.06. The van der Waals surface area contributed by atoms with Crippen molar-refractivity contribution < 1.29 is 14.3 Å². The van der Waals surface area contributed by atoms with E-state index >= 15 is 0 Å². The highest BCUT2D eigenvalue weighted by Crippen LogP contribution is 1.83. The SMILES string of the molecule is C=CC(=O)OCCOCC(C)N. The van der Waals surface area contributed by atoms with Gasteiger partial charge in [-0.2, -0.15) is 0 Å². The molecule has 0 saturated carbocycles. The van der Waals surface area contributed by atoms with Gasteiger partial charge in [-0.25, -0.2) is 4.79 Å². The first-order chi connectivity index (χ1) is 5.66. The van der Waals surface area contributed by atoms with Crippen LogP contribution in [0.1, 0.15) is 6.92 Å². The molecule has 0 aromatic rings. The standard InChI is InChI=1S/C8H15NO3/c1-3-8(10)12-5-4-11-6-7(2)9/h3,7H,1,4-6,9H2,2H3. The Balaban J connectivity index is 3.11. The average molecular weight is 173 g/mol. The quantitative estimate of drug-likeness (QED) is 0.351. The van der Waals surface area contributed by atoms with Crippen molar-refractivity contribution in [3.63, 3.8) is 0 Å². The maximum absolute atomic E-state index is 10.5. The Kier molecular flexibility index (Phi) is 6.32. The number of esters is 1. The van der Waals surface area contributed by atoms with Gasteiger partial charge in [-0.05, 0) is 6.92 Å². The van der Waals surface area contributed by atoms with Gasteiger partial charge in [-0.3, -0.25) is 0 Å². The average Bonchev–Trinajstić information content (AvgIpc) is 2.03. The van der Waals surface area contributed by atoms with Gasteiger partial charge in [0.2, 0.25) is 0 Å². The summed E-state index contributed by atoms with van der Waals surface area (Å²) in [5.41, 5.74) is 5.41. The lowest BCUT2D eigenvalue weighted by Crippen LogP contribution is -2.23. The molecule has 70 valence electrons. The van der Waals surface area contributed by atoms with Crippen LogP contribution in [0.3, 0.4) is 0 Å². The van der Waals surface area contributed by atoms with Crippen molar-refractivity contribution in [3.8, 4) is 0 Å². The minimum Gasteiger partial charge on any atom is -0.460 e. The fourth-order valence-corrected chi connectivity index (χ4v) is 0.529. The molecular formula is C8H15NO3. The predicted octanol–water partition coefficient (Wildman–Crippen LogP) is 0.0794. The van der Waals surface area contributed by atoms with E-state index in [1.165, 1.54) is 0 Å². The molecule has 0 radical (unpaired) electrons. The van der Waals surface area contributed by atoms with E-state index in [0.717, 1.165) is 6.08 Å². The molecule has 4 heteroatoms. The first-order valence-electron chi connectivity index (χ1n) is 3.79. The third kappa shape index (κ3) is 7.24. The van der Waals surface area contributed by atoms with Crippen LogP contribution in [0.5, 0.6) is 0 Å². The molecule has 0 aromatic carbocycles. The number of carbonyl (C=O) groups excluding carboxylic acids is 1. The second kappa shape index (κ2) is 6.82. The Hall–Kier alpha value is -0.870. The van der Waals surface area contributed by atoms with Crippen molar-refractivity contribution in [2.24, 2.45) is 5.73 Å². The minimum atomic E-state index is -0.431. The van der Waals surface area contributed by atoms with Gasteiger partial charge in [0, 0.05) is 12.1 Å². The van der Waals surface area contributed by atoms with Gasteiger partial charge in [-0.15, -0.1) is 0 Å². The van der Waals surface area contributed by atoms with E-state index in [1.54, 1.807) is 0 Å². The fourth-order valence-electron chi connectivity index (χ4n) is 0.529. The maximum atomic E-state index is 10.5. The summed E-state index contributed by atoms with van der Waals surface area (Å²) in [6, 6.07) is 0.0140. The summed E-state index contributed by atoms with van der Waals surface area (Å²) in [5.74, 6) is -0.431. The molecule has 0 saturated heterocycles. The van der Waals surface area contributed by atoms with Crippen LogP contribution in [0, 0.1) is 0 Å². The van der Waals surface area contributed by atoms with Gasteiger partial charge in [0.1, 0.15) is 6.61 Å². The lowest BCUT2D eigenvalue weighted by molar-refractivity contribution is -0.139.